The second kappa shape index (κ2) is 70.9. The minimum Gasteiger partial charge on any atom is -0.480 e. The minimum absolute atomic E-state index is 0.00251. The van der Waals surface area contributed by atoms with Crippen LogP contribution in [-0.4, -0.2) is 262 Å². The molecule has 0 heterocycles. The predicted octanol–water partition coefficient (Wildman–Crippen LogP) is -3.79. The van der Waals surface area contributed by atoms with Crippen LogP contribution in [0.1, 0.15) is 254 Å². The molecule has 15 amide bonds. The maximum atomic E-state index is 14.7. The van der Waals surface area contributed by atoms with Crippen molar-refractivity contribution in [3.63, 3.8) is 0 Å². The fourth-order valence-corrected chi connectivity index (χ4v) is 14.4. The summed E-state index contributed by atoms with van der Waals surface area (Å²) in [6, 6.07) is -11.4. The number of nitrogens with two attached hydrogens (primary N) is 11. The molecular weight excluding hydrogens is 1720 g/mol. The topological polar surface area (TPSA) is 760 Å². The summed E-state index contributed by atoms with van der Waals surface area (Å²) in [4.78, 5) is 227. The van der Waals surface area contributed by atoms with Gasteiger partial charge in [0.2, 0.25) is 88.6 Å². The summed E-state index contributed by atoms with van der Waals surface area (Å²) < 4.78 is 0. The van der Waals surface area contributed by atoms with Gasteiger partial charge in [0, 0.05) is 0 Å². The highest BCUT2D eigenvalue weighted by Gasteiger charge is 2.40. The summed E-state index contributed by atoms with van der Waals surface area (Å²) >= 11 is 0. The number of benzene rings is 1. The molecule has 43 heteroatoms. The third kappa shape index (κ3) is 49.9. The summed E-state index contributed by atoms with van der Waals surface area (Å²) in [5, 5.41) is 50.6. The van der Waals surface area contributed by atoms with Gasteiger partial charge in [-0.3, -0.25) is 71.9 Å². The molecule has 0 aliphatic heterocycles. The number of hydrogen-bond donors (Lipinski definition) is 27. The maximum Gasteiger partial charge on any atom is 0.326 e. The monoisotopic (exact) mass is 1890 g/mol. The van der Waals surface area contributed by atoms with E-state index in [-0.39, 0.29) is 123 Å². The first-order chi connectivity index (χ1) is 63.4. The standard InChI is InChI=1S/C90H168N26O17/c1-55(2)72(114-84(126)68(40-18-28-50-97)104-75(117)58(7)103-79(121)63(35-13-23-45-92)111-88(130)73(56(3)4)116-86(128)70(42-20-30-52-99)106-77(119)61(101)54-60-32-10-9-11-33-60)87(129)110-62(34-12-22-44-91)78(120)102-59(8)76(118)105-69(41-19-29-51-98)85(127)115-74(57(5)6)89(131)112-67(39-17-27-49-96)82(124)108-65(37-15-25-47-94)80(122)107-64(36-14-24-46-93)81(123)109-66(38-16-26-48-95)83(125)113-71(90(132)133)43-21-31-53-100/h9-11,32-33,55-59,61-74H,12-31,34-54,91-101H2,1-8H3,(H,102,120)(H,103,121)(H,104,117)(H,105,118)(H,106,119)(H,107,122)(H,108,124)(H,109,123)(H,110,129)(H,111,130)(H,112,131)(H,113,125)(H,114,126)(H,115,127)(H,116,128)(H,132,133)/t58-,59-,61-,62-,63-,64-,65-,66-,67-,68-,69-,70-,71-,72-,73-,74-/m0/s1. The first-order valence-corrected chi connectivity index (χ1v) is 48.0. The molecule has 16 atom stereocenters. The van der Waals surface area contributed by atoms with Crippen molar-refractivity contribution in [2.75, 3.05) is 65.4 Å². The van der Waals surface area contributed by atoms with Gasteiger partial charge < -0.3 is 148 Å². The summed E-state index contributed by atoms with van der Waals surface area (Å²) in [5.41, 5.74) is 65.3. The lowest BCUT2D eigenvalue weighted by Crippen LogP contribution is -2.61. The number of unbranched alkanes of at least 4 members (excludes halogenated alkanes) is 10. The lowest BCUT2D eigenvalue weighted by Gasteiger charge is -2.29. The smallest absolute Gasteiger partial charge is 0.326 e. The van der Waals surface area contributed by atoms with E-state index in [2.05, 4.69) is 79.8 Å². The Bertz CT molecular complexity index is 3630. The van der Waals surface area contributed by atoms with Crippen molar-refractivity contribution in [1.29, 1.82) is 0 Å². The van der Waals surface area contributed by atoms with E-state index in [0.29, 0.717) is 142 Å². The van der Waals surface area contributed by atoms with Gasteiger partial charge in [-0.2, -0.15) is 0 Å². The van der Waals surface area contributed by atoms with Crippen molar-refractivity contribution in [3.8, 4) is 0 Å². The second-order valence-corrected chi connectivity index (χ2v) is 35.2. The van der Waals surface area contributed by atoms with E-state index in [9.17, 15) is 81.8 Å². The Labute approximate surface area is 785 Å². The molecule has 133 heavy (non-hydrogen) atoms. The van der Waals surface area contributed by atoms with Crippen molar-refractivity contribution < 1.29 is 81.8 Å². The van der Waals surface area contributed by atoms with Crippen molar-refractivity contribution in [2.45, 2.75) is 351 Å². The summed E-state index contributed by atoms with van der Waals surface area (Å²) in [6.45, 7) is 15.2. The Kier molecular flexibility index (Phi) is 64.7. The van der Waals surface area contributed by atoms with Gasteiger partial charge in [0.05, 0.1) is 6.04 Å². The van der Waals surface area contributed by atoms with Gasteiger partial charge in [0.15, 0.2) is 0 Å². The third-order valence-corrected chi connectivity index (χ3v) is 22.7. The fraction of sp³-hybridized carbons (Fsp3) is 0.756. The molecule has 0 spiro atoms. The Balaban J connectivity index is 3.58. The number of carboxylic acid groups (broad SMARTS) is 1. The first kappa shape index (κ1) is 121. The van der Waals surface area contributed by atoms with Crippen LogP contribution in [0.3, 0.4) is 0 Å². The van der Waals surface area contributed by atoms with Gasteiger partial charge in [-0.15, -0.1) is 0 Å². The van der Waals surface area contributed by atoms with Crippen LogP contribution in [0.25, 0.3) is 0 Å². The number of carbonyl (C=O) groups excluding carboxylic acids is 15. The zero-order chi connectivity index (χ0) is 99.9. The van der Waals surface area contributed by atoms with E-state index in [1.807, 2.05) is 30.3 Å². The van der Waals surface area contributed by atoms with Crippen LogP contribution in [-0.2, 0) is 83.1 Å². The molecule has 0 aliphatic rings. The van der Waals surface area contributed by atoms with Crippen LogP contribution in [0.15, 0.2) is 30.3 Å². The zero-order valence-electron chi connectivity index (χ0n) is 80.2. The SMILES string of the molecule is CC(C)[C@H](NC(=O)[C@H](CCCCN)NC(=O)[C@H](C)NC(=O)[C@H](CCCCN)NC(=O)[C@@H](NC(=O)[C@H](CCCCN)NC(=O)[C@@H](N)Cc1ccccc1)C(C)C)C(=O)N[C@@H](CCCCN)C(=O)N[C@@H](C)C(=O)N[C@@H](CCCCN)C(=O)N[C@H](C(=O)N[C@@H](CCCCN)C(=O)N[C@@H](CCCCN)C(=O)N[C@@H](CCCCN)C(=O)N[C@@H](CCCCN)C(=O)N[C@@H](CCCCN)C(=O)O)C(C)C. The van der Waals surface area contributed by atoms with Gasteiger partial charge in [-0.05, 0) is 302 Å². The van der Waals surface area contributed by atoms with Gasteiger partial charge in [-0.25, -0.2) is 4.79 Å². The van der Waals surface area contributed by atoms with E-state index in [1.165, 1.54) is 13.8 Å². The van der Waals surface area contributed by atoms with Crippen molar-refractivity contribution in [2.24, 2.45) is 80.8 Å². The highest BCUT2D eigenvalue weighted by Crippen LogP contribution is 2.18. The van der Waals surface area contributed by atoms with E-state index in [1.54, 1.807) is 41.5 Å². The van der Waals surface area contributed by atoms with E-state index >= 15 is 0 Å². The normalized spacial score (nSPS) is 15.0. The number of hydrogen-bond acceptors (Lipinski definition) is 27. The Hall–Kier alpha value is -9.70. The summed E-state index contributed by atoms with van der Waals surface area (Å²) in [5.74, 6) is -14.8. The first-order valence-electron chi connectivity index (χ1n) is 48.0. The summed E-state index contributed by atoms with van der Waals surface area (Å²) in [7, 11) is 0. The van der Waals surface area contributed by atoms with E-state index in [0.717, 1.165) is 5.56 Å². The van der Waals surface area contributed by atoms with Crippen molar-refractivity contribution in [1.82, 2.24) is 79.8 Å². The third-order valence-electron chi connectivity index (χ3n) is 22.7. The maximum absolute atomic E-state index is 14.7. The average molecular weight is 1890 g/mol. The molecule has 43 nitrogen and oxygen atoms in total. The molecule has 0 unspecified atom stereocenters. The second-order valence-electron chi connectivity index (χ2n) is 35.2. The molecule has 0 saturated carbocycles. The molecule has 1 aromatic carbocycles. The highest BCUT2D eigenvalue weighted by molar-refractivity contribution is 6.01. The Morgan fingerprint density at radius 3 is 0.602 bits per heavy atom. The number of carbonyl (C=O) groups is 16. The largest absolute Gasteiger partial charge is 0.480 e. The minimum atomic E-state index is -1.39. The highest BCUT2D eigenvalue weighted by atomic mass is 16.4. The fourth-order valence-electron chi connectivity index (χ4n) is 14.4. The lowest BCUT2D eigenvalue weighted by molar-refractivity contribution is -0.142. The molecule has 0 bridgehead atoms. The van der Waals surface area contributed by atoms with Crippen LogP contribution in [0.5, 0.6) is 0 Å². The Morgan fingerprint density at radius 2 is 0.398 bits per heavy atom. The Morgan fingerprint density at radius 1 is 0.226 bits per heavy atom. The van der Waals surface area contributed by atoms with Crippen LogP contribution in [0.4, 0.5) is 0 Å². The zero-order valence-corrected chi connectivity index (χ0v) is 80.2. The van der Waals surface area contributed by atoms with E-state index in [4.69, 9.17) is 63.1 Å². The van der Waals surface area contributed by atoms with Gasteiger partial charge in [0.1, 0.15) is 90.6 Å². The molecule has 38 N–H and O–H groups in total. The average Bonchev–Trinajstić information content (AvgIpc) is 0.848. The summed E-state index contributed by atoms with van der Waals surface area (Å²) in [6.07, 6.45) is 8.73. The molecule has 1 aromatic rings. The molecule has 0 aromatic heterocycles. The number of rotatable bonds is 76. The molecule has 0 saturated heterocycles. The number of aliphatic carboxylic acids is 1. The quantitative estimate of drug-likeness (QED) is 0.0278. The van der Waals surface area contributed by atoms with Crippen LogP contribution in [0, 0.1) is 17.8 Å². The van der Waals surface area contributed by atoms with Crippen molar-refractivity contribution >= 4 is 94.6 Å². The van der Waals surface area contributed by atoms with Crippen molar-refractivity contribution in [3.05, 3.63) is 35.9 Å². The molecule has 0 radical (unpaired) electrons. The molecule has 0 aliphatic carbocycles. The van der Waals surface area contributed by atoms with Crippen LogP contribution in [0.2, 0.25) is 0 Å². The number of nitrogens with one attached hydrogen (secondary N) is 15. The lowest BCUT2D eigenvalue weighted by atomic mass is 10.00. The molecule has 1 rings (SSSR count). The van der Waals surface area contributed by atoms with Gasteiger partial charge in [0.25, 0.3) is 0 Å². The van der Waals surface area contributed by atoms with E-state index < -0.39 is 209 Å². The number of carboxylic acids is 1. The molecule has 760 valence electrons. The predicted molar refractivity (Wildman–Crippen MR) is 510 cm³/mol. The molecule has 0 fully saturated rings. The van der Waals surface area contributed by atoms with Gasteiger partial charge >= 0.3 is 5.97 Å². The molecular formula is C90H168N26O17. The van der Waals surface area contributed by atoms with Crippen LogP contribution < -0.4 is 143 Å². The van der Waals surface area contributed by atoms with Gasteiger partial charge in [-0.1, -0.05) is 71.9 Å². The number of amides is 15. The van der Waals surface area contributed by atoms with Crippen LogP contribution >= 0.6 is 0 Å².